The highest BCUT2D eigenvalue weighted by atomic mass is 16.5. The zero-order valence-corrected chi connectivity index (χ0v) is 19.2. The molecule has 2 aromatic carbocycles. The highest BCUT2D eigenvalue weighted by Crippen LogP contribution is 2.34. The van der Waals surface area contributed by atoms with Gasteiger partial charge in [-0.1, -0.05) is 0 Å². The summed E-state index contributed by atoms with van der Waals surface area (Å²) in [5.74, 6) is 1.33. The molecule has 0 fully saturated rings. The first kappa shape index (κ1) is 22.5. The molecule has 2 N–H and O–H groups in total. The quantitative estimate of drug-likeness (QED) is 0.403. The van der Waals surface area contributed by atoms with Crippen molar-refractivity contribution in [2.75, 3.05) is 39.3 Å². The van der Waals surface area contributed by atoms with Crippen molar-refractivity contribution in [2.24, 2.45) is 7.05 Å². The number of ether oxygens (including phenoxy) is 2. The van der Waals surface area contributed by atoms with E-state index in [1.165, 1.54) is 0 Å². The molecule has 0 bridgehead atoms. The molecule has 0 saturated heterocycles. The Morgan fingerprint density at radius 3 is 2.42 bits per heavy atom. The smallest absolute Gasteiger partial charge is 0.124 e. The summed E-state index contributed by atoms with van der Waals surface area (Å²) >= 11 is 0. The van der Waals surface area contributed by atoms with Crippen LogP contribution in [0.5, 0.6) is 11.5 Å². The van der Waals surface area contributed by atoms with Crippen molar-refractivity contribution in [3.05, 3.63) is 55.0 Å². The standard InChI is InChI=1S/C24H28N6O3/c1-25-12-19(31)15-30(18-7-20(32-3)10-21(8-18)33-4)17-5-6-22-23(9-17)28-24(13-26-22)16-11-27-29(2)14-16/h5-11,13-14,19,25,31H,12,15H2,1-4H3. The fraction of sp³-hybridized carbons (Fsp3) is 0.292. The van der Waals surface area contributed by atoms with Gasteiger partial charge >= 0.3 is 0 Å². The maximum atomic E-state index is 10.6. The van der Waals surface area contributed by atoms with Crippen LogP contribution < -0.4 is 19.7 Å². The number of hydrogen-bond acceptors (Lipinski definition) is 8. The van der Waals surface area contributed by atoms with Crippen molar-refractivity contribution < 1.29 is 14.6 Å². The Hall–Kier alpha value is -3.69. The molecule has 2 heterocycles. The van der Waals surface area contributed by atoms with Crippen molar-refractivity contribution in [1.29, 1.82) is 0 Å². The third-order valence-corrected chi connectivity index (χ3v) is 5.32. The van der Waals surface area contributed by atoms with Gasteiger partial charge in [0.2, 0.25) is 0 Å². The van der Waals surface area contributed by atoms with Gasteiger partial charge in [-0.05, 0) is 25.2 Å². The second-order valence-electron chi connectivity index (χ2n) is 7.72. The maximum Gasteiger partial charge on any atom is 0.124 e. The molecule has 0 aliphatic carbocycles. The lowest BCUT2D eigenvalue weighted by atomic mass is 10.1. The van der Waals surface area contributed by atoms with Crippen LogP contribution in [0, 0.1) is 0 Å². The predicted octanol–water partition coefficient (Wildman–Crippen LogP) is 2.77. The minimum absolute atomic E-state index is 0.360. The van der Waals surface area contributed by atoms with Gasteiger partial charge in [0.05, 0.1) is 56.0 Å². The van der Waals surface area contributed by atoms with Crippen LogP contribution >= 0.6 is 0 Å². The van der Waals surface area contributed by atoms with E-state index in [1.807, 2.05) is 61.6 Å². The molecule has 1 unspecified atom stereocenters. The highest BCUT2D eigenvalue weighted by Gasteiger charge is 2.17. The fourth-order valence-corrected chi connectivity index (χ4v) is 3.68. The normalized spacial score (nSPS) is 12.0. The van der Waals surface area contributed by atoms with Crippen LogP contribution in [0.4, 0.5) is 11.4 Å². The summed E-state index contributed by atoms with van der Waals surface area (Å²) < 4.78 is 12.7. The van der Waals surface area contributed by atoms with Gasteiger partial charge in [-0.3, -0.25) is 9.67 Å². The van der Waals surface area contributed by atoms with Gasteiger partial charge < -0.3 is 24.8 Å². The lowest BCUT2D eigenvalue weighted by Crippen LogP contribution is -2.35. The maximum absolute atomic E-state index is 10.6. The van der Waals surface area contributed by atoms with Crippen LogP contribution in [0.25, 0.3) is 22.3 Å². The molecular formula is C24H28N6O3. The van der Waals surface area contributed by atoms with Crippen LogP contribution in [0.2, 0.25) is 0 Å². The van der Waals surface area contributed by atoms with E-state index >= 15 is 0 Å². The second kappa shape index (κ2) is 9.85. The minimum Gasteiger partial charge on any atom is -0.497 e. The molecule has 33 heavy (non-hydrogen) atoms. The van der Waals surface area contributed by atoms with Crippen molar-refractivity contribution in [1.82, 2.24) is 25.1 Å². The number of methoxy groups -OCH3 is 2. The average molecular weight is 449 g/mol. The number of fused-ring (bicyclic) bond motifs is 1. The molecular weight excluding hydrogens is 420 g/mol. The Morgan fingerprint density at radius 1 is 1.03 bits per heavy atom. The number of anilines is 2. The Balaban J connectivity index is 1.79. The van der Waals surface area contributed by atoms with Crippen LogP contribution in [0.1, 0.15) is 0 Å². The SMILES string of the molecule is CNCC(O)CN(c1cc(OC)cc(OC)c1)c1ccc2ncc(-c3cnn(C)c3)nc2c1. The highest BCUT2D eigenvalue weighted by molar-refractivity contribution is 5.82. The first-order chi connectivity index (χ1) is 16.0. The molecule has 0 aliphatic rings. The molecule has 9 nitrogen and oxygen atoms in total. The summed E-state index contributed by atoms with van der Waals surface area (Å²) in [5, 5.41) is 17.8. The Bertz CT molecular complexity index is 1220. The number of likely N-dealkylation sites (N-methyl/N-ethyl adjacent to an activating group) is 1. The Morgan fingerprint density at radius 2 is 1.79 bits per heavy atom. The van der Waals surface area contributed by atoms with Gasteiger partial charge in [-0.2, -0.15) is 5.10 Å². The van der Waals surface area contributed by atoms with Gasteiger partial charge in [0, 0.05) is 54.9 Å². The Kier molecular flexibility index (Phi) is 6.71. The number of aliphatic hydroxyl groups is 1. The topological polar surface area (TPSA) is 97.6 Å². The summed E-state index contributed by atoms with van der Waals surface area (Å²) in [6, 6.07) is 11.5. The van der Waals surface area contributed by atoms with E-state index < -0.39 is 6.10 Å². The number of aryl methyl sites for hydroxylation is 1. The molecule has 1 atom stereocenters. The summed E-state index contributed by atoms with van der Waals surface area (Å²) in [5.41, 5.74) is 4.87. The molecule has 4 rings (SSSR count). The minimum atomic E-state index is -0.601. The zero-order valence-electron chi connectivity index (χ0n) is 19.2. The molecule has 172 valence electrons. The number of aromatic nitrogens is 4. The van der Waals surface area contributed by atoms with Gasteiger partial charge in [0.1, 0.15) is 11.5 Å². The number of nitrogens with zero attached hydrogens (tertiary/aromatic N) is 5. The third kappa shape index (κ3) is 5.05. The monoisotopic (exact) mass is 448 g/mol. The summed E-state index contributed by atoms with van der Waals surface area (Å²) in [6.45, 7) is 0.814. The van der Waals surface area contributed by atoms with E-state index in [-0.39, 0.29) is 0 Å². The first-order valence-electron chi connectivity index (χ1n) is 10.6. The van der Waals surface area contributed by atoms with Crippen LogP contribution in [-0.4, -0.2) is 65.3 Å². The molecule has 0 saturated carbocycles. The molecule has 0 aliphatic heterocycles. The van der Waals surface area contributed by atoms with Crippen molar-refractivity contribution in [3.63, 3.8) is 0 Å². The average Bonchev–Trinajstić information content (AvgIpc) is 3.27. The molecule has 0 radical (unpaired) electrons. The molecule has 4 aromatic rings. The van der Waals surface area contributed by atoms with E-state index in [0.717, 1.165) is 33.7 Å². The fourth-order valence-electron chi connectivity index (χ4n) is 3.68. The summed E-state index contributed by atoms with van der Waals surface area (Å²) in [6.07, 6.45) is 4.82. The molecule has 0 spiro atoms. The summed E-state index contributed by atoms with van der Waals surface area (Å²) in [7, 11) is 6.91. The molecule has 2 aromatic heterocycles. The van der Waals surface area contributed by atoms with Crippen LogP contribution in [0.3, 0.4) is 0 Å². The molecule has 0 amide bonds. The van der Waals surface area contributed by atoms with E-state index in [2.05, 4.69) is 15.4 Å². The van der Waals surface area contributed by atoms with Crippen molar-refractivity contribution >= 4 is 22.4 Å². The lowest BCUT2D eigenvalue weighted by molar-refractivity contribution is 0.182. The number of nitrogens with one attached hydrogen (secondary N) is 1. The molecule has 9 heteroatoms. The lowest BCUT2D eigenvalue weighted by Gasteiger charge is -2.28. The van der Waals surface area contributed by atoms with E-state index in [9.17, 15) is 5.11 Å². The van der Waals surface area contributed by atoms with Gasteiger partial charge in [-0.15, -0.1) is 0 Å². The summed E-state index contributed by atoms with van der Waals surface area (Å²) in [4.78, 5) is 11.4. The van der Waals surface area contributed by atoms with Crippen molar-refractivity contribution in [2.45, 2.75) is 6.10 Å². The predicted molar refractivity (Wildman–Crippen MR) is 128 cm³/mol. The Labute approximate surface area is 192 Å². The van der Waals surface area contributed by atoms with Gasteiger partial charge in [0.25, 0.3) is 0 Å². The zero-order chi connectivity index (χ0) is 23.4. The second-order valence-corrected chi connectivity index (χ2v) is 7.72. The van der Waals surface area contributed by atoms with Crippen LogP contribution in [0.15, 0.2) is 55.0 Å². The van der Waals surface area contributed by atoms with Crippen LogP contribution in [-0.2, 0) is 7.05 Å². The largest absolute Gasteiger partial charge is 0.497 e. The van der Waals surface area contributed by atoms with E-state index in [0.29, 0.717) is 24.6 Å². The van der Waals surface area contributed by atoms with Crippen molar-refractivity contribution in [3.8, 4) is 22.8 Å². The number of rotatable bonds is 9. The number of hydrogen-bond donors (Lipinski definition) is 2. The third-order valence-electron chi connectivity index (χ3n) is 5.32. The first-order valence-corrected chi connectivity index (χ1v) is 10.6. The van der Waals surface area contributed by atoms with Gasteiger partial charge in [0.15, 0.2) is 0 Å². The number of benzene rings is 2. The van der Waals surface area contributed by atoms with E-state index in [4.69, 9.17) is 14.5 Å². The number of aliphatic hydroxyl groups excluding tert-OH is 1. The van der Waals surface area contributed by atoms with E-state index in [1.54, 1.807) is 31.3 Å². The van der Waals surface area contributed by atoms with Gasteiger partial charge in [-0.25, -0.2) is 4.98 Å².